The summed E-state index contributed by atoms with van der Waals surface area (Å²) >= 11 is 0. The van der Waals surface area contributed by atoms with E-state index in [0.29, 0.717) is 22.0 Å². The topological polar surface area (TPSA) is 684 Å². The summed E-state index contributed by atoms with van der Waals surface area (Å²) in [7, 11) is 1.22. The SMILES string of the molecule is CC[C@H](C)[C@H](NC(=O)[C@@H](Cc1c[nH]c2ccccc12)NC(=O)[C@@H](CCC(N)=O)NC(=O)[C@H](CCC(=O)O)NC(=O)[C@@H](CCCN=C(N)N)NC(=O)[C@H](CC(C)C)NC(=O)[C@@H](Cc1ccccc1)N(C)C(=O)CNC(=O)[C@H](CO)NC(=O)[C@@H](CCCN=C(N)N)NC(=O)[C@@H](NC(=O)C[C@H](O)CC(C)C)[C@@H](C)O)C(=O)N[C@H](C(=O)O)[C@@H](C)O. The highest BCUT2D eigenvalue weighted by Crippen LogP contribution is 2.21. The molecule has 0 spiro atoms. The van der Waals surface area contributed by atoms with E-state index in [9.17, 15) is 103 Å². The third-order valence-electron chi connectivity index (χ3n) is 18.6. The van der Waals surface area contributed by atoms with Crippen LogP contribution in [0.5, 0.6) is 0 Å². The average molecular weight is 1640 g/mol. The van der Waals surface area contributed by atoms with Crippen molar-refractivity contribution in [2.24, 2.45) is 56.4 Å². The molecule has 41 heteroatoms. The monoisotopic (exact) mass is 1630 g/mol. The molecule has 0 saturated heterocycles. The summed E-state index contributed by atoms with van der Waals surface area (Å²) in [6, 6.07) is -3.01. The van der Waals surface area contributed by atoms with E-state index in [1.54, 1.807) is 88.5 Å². The van der Waals surface area contributed by atoms with Gasteiger partial charge in [0.2, 0.25) is 76.8 Å². The number of likely N-dealkylation sites (N-methyl/N-ethyl adjacent to an activating group) is 1. The number of aliphatic hydroxyl groups excluding tert-OH is 4. The first kappa shape index (κ1) is 98.6. The van der Waals surface area contributed by atoms with Gasteiger partial charge in [-0.15, -0.1) is 0 Å². The quantitative estimate of drug-likeness (QED) is 0.0143. The predicted octanol–water partition coefficient (Wildman–Crippen LogP) is -5.29. The van der Waals surface area contributed by atoms with Crippen molar-refractivity contribution in [3.63, 3.8) is 0 Å². The summed E-state index contributed by atoms with van der Waals surface area (Å²) in [4.78, 5) is 219. The first-order chi connectivity index (χ1) is 54.6. The molecule has 116 heavy (non-hydrogen) atoms. The predicted molar refractivity (Wildman–Crippen MR) is 423 cm³/mol. The molecule has 0 aliphatic carbocycles. The Morgan fingerprint density at radius 1 is 0.491 bits per heavy atom. The number of carbonyl (C=O) groups is 15. The Morgan fingerprint density at radius 2 is 0.948 bits per heavy atom. The molecule has 0 aliphatic heterocycles. The molecular formula is C75H118N20O21. The number of rotatable bonds is 53. The number of H-pyrrole nitrogens is 1. The number of primary amides is 1. The van der Waals surface area contributed by atoms with E-state index in [1.165, 1.54) is 14.0 Å². The van der Waals surface area contributed by atoms with Crippen LogP contribution in [0.3, 0.4) is 0 Å². The molecule has 3 rings (SSSR count). The van der Waals surface area contributed by atoms with Crippen LogP contribution in [0, 0.1) is 17.8 Å². The van der Waals surface area contributed by atoms with E-state index in [0.717, 1.165) is 11.8 Å². The van der Waals surface area contributed by atoms with Gasteiger partial charge in [-0.25, -0.2) is 4.79 Å². The van der Waals surface area contributed by atoms with Crippen LogP contribution in [0.25, 0.3) is 10.9 Å². The summed E-state index contributed by atoms with van der Waals surface area (Å²) in [5.41, 5.74) is 29.3. The number of nitrogens with zero attached hydrogens (tertiary/aromatic N) is 3. The molecule has 0 bridgehead atoms. The molecular weight excluding hydrogens is 1520 g/mol. The number of aromatic nitrogens is 1. The Morgan fingerprint density at radius 3 is 1.44 bits per heavy atom. The van der Waals surface area contributed by atoms with Crippen molar-refractivity contribution in [1.29, 1.82) is 0 Å². The number of amides is 13. The van der Waals surface area contributed by atoms with Crippen LogP contribution in [-0.4, -0.2) is 259 Å². The van der Waals surface area contributed by atoms with Crippen LogP contribution in [0.2, 0.25) is 0 Å². The molecule has 13 amide bonds. The van der Waals surface area contributed by atoms with Gasteiger partial charge in [0.1, 0.15) is 60.4 Å². The third-order valence-corrected chi connectivity index (χ3v) is 18.6. The van der Waals surface area contributed by atoms with Crippen LogP contribution >= 0.6 is 0 Å². The number of aliphatic imine (C=N–C) groups is 2. The zero-order valence-corrected chi connectivity index (χ0v) is 66.9. The maximum absolute atomic E-state index is 14.9. The number of hydrogen-bond donors (Lipinski definition) is 23. The largest absolute Gasteiger partial charge is 0.481 e. The Kier molecular flexibility index (Phi) is 42.4. The maximum atomic E-state index is 14.9. The maximum Gasteiger partial charge on any atom is 0.328 e. The molecule has 0 fully saturated rings. The van der Waals surface area contributed by atoms with Crippen LogP contribution in [-0.2, 0) is 84.8 Å². The van der Waals surface area contributed by atoms with Crippen molar-refractivity contribution in [1.82, 2.24) is 68.4 Å². The molecule has 1 aromatic heterocycles. The summed E-state index contributed by atoms with van der Waals surface area (Å²) < 4.78 is 0. The number of nitrogens with two attached hydrogens (primary N) is 5. The van der Waals surface area contributed by atoms with Crippen molar-refractivity contribution < 1.29 is 103 Å². The van der Waals surface area contributed by atoms with Gasteiger partial charge in [0.05, 0.1) is 37.9 Å². The van der Waals surface area contributed by atoms with Crippen LogP contribution in [0.15, 0.2) is 70.8 Å². The van der Waals surface area contributed by atoms with Crippen molar-refractivity contribution >= 4 is 112 Å². The van der Waals surface area contributed by atoms with Gasteiger partial charge in [0.25, 0.3) is 0 Å². The molecule has 1 heterocycles. The number of carboxylic acids is 2. The summed E-state index contributed by atoms with van der Waals surface area (Å²) in [6.45, 7) is 10.5. The fourth-order valence-corrected chi connectivity index (χ4v) is 12.0. The number of carboxylic acid groups (broad SMARTS) is 2. The number of aliphatic carboxylic acids is 2. The standard InChI is InChI=1S/C75H118N20O21/c1-10-40(6)60(71(113)94-62(42(8)98)73(115)116)93-69(111)53(33-44-35-83-47-21-15-14-20-46(44)47)89-67(109)50(24-26-56(76)100)86-66(108)51(25-27-59(103)104)87-64(106)48(22-16-28-81-74(77)78)85-68(110)52(31-39(4)5)90-70(112)55(32-43-18-12-11-13-19-43)95(9)58(102)36-84-63(105)54(37-96)91-65(107)49(23-17-29-82-75(79)80)88-72(114)61(41(7)97)92-57(101)34-45(99)30-38(2)3/h11-15,18-21,35,38-42,45,48-55,60-62,83,96-99H,10,16-17,22-34,36-37H2,1-9H3,(H2,76,100)(H,84,105)(H,85,110)(H,86,108)(H,87,106)(H,88,114)(H,89,109)(H,90,112)(H,91,107)(H,92,101)(H,93,111)(H,94,113)(H,103,104)(H,115,116)(H4,77,78,81)(H4,79,80,82)/t40-,41+,42+,45+,48+,49+,50+,51-,52-,53+,54-,55+,60-,61-,62-/m0/s1. The molecule has 0 unspecified atom stereocenters. The minimum atomic E-state index is -1.86. The van der Waals surface area contributed by atoms with E-state index < -0.39 is 231 Å². The van der Waals surface area contributed by atoms with Gasteiger partial charge in [0.15, 0.2) is 18.0 Å². The lowest BCUT2D eigenvalue weighted by atomic mass is 9.96. The second kappa shape index (κ2) is 49.9. The molecule has 2 aromatic carbocycles. The number of guanidine groups is 2. The highest BCUT2D eigenvalue weighted by Gasteiger charge is 2.39. The summed E-state index contributed by atoms with van der Waals surface area (Å²) in [6.07, 6.45) is -6.28. The lowest BCUT2D eigenvalue weighted by Gasteiger charge is -2.31. The molecule has 3 aromatic rings. The Hall–Kier alpha value is -11.6. The van der Waals surface area contributed by atoms with Gasteiger partial charge in [-0.2, -0.15) is 0 Å². The van der Waals surface area contributed by atoms with Crippen molar-refractivity contribution in [3.05, 3.63) is 71.9 Å². The third kappa shape index (κ3) is 35.0. The summed E-state index contributed by atoms with van der Waals surface area (Å²) in [5, 5.41) is 88.8. The van der Waals surface area contributed by atoms with Crippen molar-refractivity contribution in [2.45, 2.75) is 230 Å². The van der Waals surface area contributed by atoms with E-state index >= 15 is 0 Å². The van der Waals surface area contributed by atoms with Crippen LogP contribution in [0.4, 0.5) is 0 Å². The Labute approximate surface area is 671 Å². The number of nitrogens with one attached hydrogen (secondary N) is 12. The van der Waals surface area contributed by atoms with Gasteiger partial charge in [-0.1, -0.05) is 96.5 Å². The lowest BCUT2D eigenvalue weighted by molar-refractivity contribution is -0.145. The number of fused-ring (bicyclic) bond motifs is 1. The number of para-hydroxylation sites is 1. The molecule has 0 saturated carbocycles. The van der Waals surface area contributed by atoms with E-state index in [-0.39, 0.29) is 88.7 Å². The minimum absolute atomic E-state index is 0.0219. The number of aromatic amines is 1. The smallest absolute Gasteiger partial charge is 0.328 e. The molecule has 28 N–H and O–H groups in total. The molecule has 41 nitrogen and oxygen atoms in total. The average Bonchev–Trinajstić information content (AvgIpc) is 1.62. The van der Waals surface area contributed by atoms with Gasteiger partial charge in [-0.3, -0.25) is 77.1 Å². The van der Waals surface area contributed by atoms with Gasteiger partial charge in [0, 0.05) is 62.9 Å². The van der Waals surface area contributed by atoms with E-state index in [1.807, 2.05) is 13.8 Å². The van der Waals surface area contributed by atoms with Crippen molar-refractivity contribution in [2.75, 3.05) is 33.3 Å². The number of hydrogen-bond acceptors (Lipinski definition) is 21. The zero-order valence-electron chi connectivity index (χ0n) is 66.9. The number of carbonyl (C=O) groups excluding carboxylic acids is 13. The molecule has 644 valence electrons. The van der Waals surface area contributed by atoms with Gasteiger partial charge >= 0.3 is 11.9 Å². The number of benzene rings is 2. The Bertz CT molecular complexity index is 3870. The first-order valence-corrected chi connectivity index (χ1v) is 38.2. The summed E-state index contributed by atoms with van der Waals surface area (Å²) in [5.74, 6) is -18.0. The lowest BCUT2D eigenvalue weighted by Crippen LogP contribution is -2.61. The fourth-order valence-electron chi connectivity index (χ4n) is 12.0. The molecule has 15 atom stereocenters. The van der Waals surface area contributed by atoms with Crippen molar-refractivity contribution in [3.8, 4) is 0 Å². The second-order valence-electron chi connectivity index (χ2n) is 29.3. The van der Waals surface area contributed by atoms with Crippen LogP contribution < -0.4 is 87.2 Å². The highest BCUT2D eigenvalue weighted by molar-refractivity contribution is 6.00. The zero-order chi connectivity index (χ0) is 87.2. The van der Waals surface area contributed by atoms with Gasteiger partial charge in [-0.05, 0) is 100 Å². The number of aliphatic hydroxyl groups is 4. The Balaban J connectivity index is 2.01. The molecule has 0 aliphatic rings. The first-order valence-electron chi connectivity index (χ1n) is 38.2. The minimum Gasteiger partial charge on any atom is -0.481 e. The fraction of sp³-hybridized carbons (Fsp3) is 0.587. The molecule has 0 radical (unpaired) electrons. The van der Waals surface area contributed by atoms with Crippen LogP contribution in [0.1, 0.15) is 144 Å². The van der Waals surface area contributed by atoms with Gasteiger partial charge < -0.3 is 128 Å². The second-order valence-corrected chi connectivity index (χ2v) is 29.3. The van der Waals surface area contributed by atoms with E-state index in [2.05, 4.69) is 73.5 Å². The normalized spacial score (nSPS) is 15.1. The highest BCUT2D eigenvalue weighted by atomic mass is 16.4. The van der Waals surface area contributed by atoms with E-state index in [4.69, 9.17) is 28.7 Å².